The smallest absolute Gasteiger partial charge is 0.251 e. The maximum Gasteiger partial charge on any atom is 0.251 e. The third-order valence-electron chi connectivity index (χ3n) is 4.68. The molecule has 1 rings (SSSR count). The van der Waals surface area contributed by atoms with Crippen molar-refractivity contribution in [3.05, 3.63) is 29.8 Å². The molecule has 0 fully saturated rings. The molecule has 1 aromatic carbocycles. The standard InChI is InChI=1S/C20H33N3O4S/c1-7-15(6)21-20(25)18(14(4)5)22-19(24)16-11-10-12-17(13-16)28(26,27)23(8-2)9-3/h10-15,18H,7-9H2,1-6H3,(H,21,25)(H,22,24). The summed E-state index contributed by atoms with van der Waals surface area (Å²) >= 11 is 0. The van der Waals surface area contributed by atoms with Crippen molar-refractivity contribution in [2.45, 2.75) is 64.9 Å². The van der Waals surface area contributed by atoms with Gasteiger partial charge in [-0.25, -0.2) is 8.42 Å². The highest BCUT2D eigenvalue weighted by molar-refractivity contribution is 7.89. The number of hydrogen-bond donors (Lipinski definition) is 2. The van der Waals surface area contributed by atoms with E-state index >= 15 is 0 Å². The molecule has 0 aliphatic carbocycles. The van der Waals surface area contributed by atoms with E-state index in [1.165, 1.54) is 22.5 Å². The molecule has 158 valence electrons. The lowest BCUT2D eigenvalue weighted by Gasteiger charge is -2.24. The Morgan fingerprint density at radius 3 is 2.14 bits per heavy atom. The van der Waals surface area contributed by atoms with Gasteiger partial charge in [-0.15, -0.1) is 0 Å². The second kappa shape index (κ2) is 10.6. The lowest BCUT2D eigenvalue weighted by atomic mass is 10.0. The number of benzene rings is 1. The Balaban J connectivity index is 3.07. The maximum atomic E-state index is 12.7. The third-order valence-corrected chi connectivity index (χ3v) is 6.72. The van der Waals surface area contributed by atoms with Crippen molar-refractivity contribution in [3.8, 4) is 0 Å². The van der Waals surface area contributed by atoms with Crippen molar-refractivity contribution in [2.24, 2.45) is 5.92 Å². The summed E-state index contributed by atoms with van der Waals surface area (Å²) in [6.45, 7) is 11.8. The van der Waals surface area contributed by atoms with E-state index in [1.807, 2.05) is 27.7 Å². The number of amides is 2. The molecule has 8 heteroatoms. The van der Waals surface area contributed by atoms with Crippen LogP contribution >= 0.6 is 0 Å². The molecule has 2 N–H and O–H groups in total. The summed E-state index contributed by atoms with van der Waals surface area (Å²) in [5.74, 6) is -0.838. The third kappa shape index (κ3) is 6.04. The SMILES string of the molecule is CCC(C)NC(=O)C(NC(=O)c1cccc(S(=O)(=O)N(CC)CC)c1)C(C)C. The van der Waals surface area contributed by atoms with Gasteiger partial charge in [0.25, 0.3) is 5.91 Å². The molecule has 0 bridgehead atoms. The van der Waals surface area contributed by atoms with Crippen molar-refractivity contribution < 1.29 is 18.0 Å². The summed E-state index contributed by atoms with van der Waals surface area (Å²) in [6.07, 6.45) is 0.787. The molecular formula is C20H33N3O4S. The minimum Gasteiger partial charge on any atom is -0.352 e. The molecule has 0 saturated carbocycles. The average Bonchev–Trinajstić information content (AvgIpc) is 2.66. The fraction of sp³-hybridized carbons (Fsp3) is 0.600. The highest BCUT2D eigenvalue weighted by Gasteiger charge is 2.27. The Kier molecular flexibility index (Phi) is 9.10. The highest BCUT2D eigenvalue weighted by Crippen LogP contribution is 2.17. The Morgan fingerprint density at radius 2 is 1.64 bits per heavy atom. The molecule has 0 aliphatic rings. The van der Waals surface area contributed by atoms with E-state index in [0.717, 1.165) is 6.42 Å². The van der Waals surface area contributed by atoms with Crippen LogP contribution in [0.25, 0.3) is 0 Å². The molecule has 0 aliphatic heterocycles. The number of nitrogens with zero attached hydrogens (tertiary/aromatic N) is 1. The van der Waals surface area contributed by atoms with Crippen molar-refractivity contribution in [2.75, 3.05) is 13.1 Å². The quantitative estimate of drug-likeness (QED) is 0.618. The van der Waals surface area contributed by atoms with Crippen LogP contribution in [0.2, 0.25) is 0 Å². The summed E-state index contributed by atoms with van der Waals surface area (Å²) in [7, 11) is -3.66. The first-order chi connectivity index (χ1) is 13.1. The van der Waals surface area contributed by atoms with Gasteiger partial charge in [0.1, 0.15) is 6.04 Å². The molecule has 2 amide bonds. The molecule has 2 unspecified atom stereocenters. The maximum absolute atomic E-state index is 12.7. The van der Waals surface area contributed by atoms with Crippen molar-refractivity contribution >= 4 is 21.8 Å². The van der Waals surface area contributed by atoms with Gasteiger partial charge in [0, 0.05) is 24.7 Å². The predicted octanol–water partition coefficient (Wildman–Crippen LogP) is 2.39. The average molecular weight is 412 g/mol. The Hall–Kier alpha value is -1.93. The van der Waals surface area contributed by atoms with E-state index in [1.54, 1.807) is 19.9 Å². The van der Waals surface area contributed by atoms with E-state index in [9.17, 15) is 18.0 Å². The topological polar surface area (TPSA) is 95.6 Å². The zero-order chi connectivity index (χ0) is 21.5. The molecule has 0 radical (unpaired) electrons. The van der Waals surface area contributed by atoms with Crippen LogP contribution in [0, 0.1) is 5.92 Å². The Bertz CT molecular complexity index is 773. The van der Waals surface area contributed by atoms with Gasteiger partial charge in [0.15, 0.2) is 0 Å². The van der Waals surface area contributed by atoms with E-state index in [2.05, 4.69) is 10.6 Å². The summed E-state index contributed by atoms with van der Waals surface area (Å²) < 4.78 is 26.7. The van der Waals surface area contributed by atoms with Crippen molar-refractivity contribution in [1.29, 1.82) is 0 Å². The fourth-order valence-corrected chi connectivity index (χ4v) is 4.21. The normalized spacial score (nSPS) is 14.0. The summed E-state index contributed by atoms with van der Waals surface area (Å²) in [4.78, 5) is 25.3. The van der Waals surface area contributed by atoms with E-state index in [0.29, 0.717) is 13.1 Å². The van der Waals surface area contributed by atoms with Crippen molar-refractivity contribution in [1.82, 2.24) is 14.9 Å². The van der Waals surface area contributed by atoms with Gasteiger partial charge < -0.3 is 10.6 Å². The van der Waals surface area contributed by atoms with Gasteiger partial charge in [0.05, 0.1) is 4.90 Å². The molecule has 28 heavy (non-hydrogen) atoms. The van der Waals surface area contributed by atoms with Crippen LogP contribution in [0.5, 0.6) is 0 Å². The zero-order valence-electron chi connectivity index (χ0n) is 17.7. The monoisotopic (exact) mass is 411 g/mol. The number of carbonyl (C=O) groups is 2. The van der Waals surface area contributed by atoms with E-state index in [4.69, 9.17) is 0 Å². The zero-order valence-corrected chi connectivity index (χ0v) is 18.5. The molecule has 0 heterocycles. The van der Waals surface area contributed by atoms with Gasteiger partial charge in [-0.3, -0.25) is 9.59 Å². The van der Waals surface area contributed by atoms with Gasteiger partial charge in [-0.1, -0.05) is 40.7 Å². The number of sulfonamides is 1. The van der Waals surface area contributed by atoms with Crippen LogP contribution in [-0.2, 0) is 14.8 Å². The number of nitrogens with one attached hydrogen (secondary N) is 2. The summed E-state index contributed by atoms with van der Waals surface area (Å²) in [6, 6.07) is 5.21. The molecule has 1 aromatic rings. The first-order valence-corrected chi connectivity index (χ1v) is 11.2. The summed E-state index contributed by atoms with van der Waals surface area (Å²) in [5, 5.41) is 5.62. The fourth-order valence-electron chi connectivity index (χ4n) is 2.70. The van der Waals surface area contributed by atoms with E-state index < -0.39 is 22.0 Å². The second-order valence-electron chi connectivity index (χ2n) is 7.13. The molecule has 2 atom stereocenters. The van der Waals surface area contributed by atoms with Crippen LogP contribution in [0.15, 0.2) is 29.2 Å². The largest absolute Gasteiger partial charge is 0.352 e. The first-order valence-electron chi connectivity index (χ1n) is 9.79. The molecular weight excluding hydrogens is 378 g/mol. The lowest BCUT2D eigenvalue weighted by Crippen LogP contribution is -2.51. The molecule has 0 spiro atoms. The van der Waals surface area contributed by atoms with Crippen LogP contribution in [-0.4, -0.2) is 49.7 Å². The van der Waals surface area contributed by atoms with Crippen LogP contribution in [0.4, 0.5) is 0 Å². The summed E-state index contributed by atoms with van der Waals surface area (Å²) in [5.41, 5.74) is 0.204. The van der Waals surface area contributed by atoms with Gasteiger partial charge in [-0.2, -0.15) is 4.31 Å². The van der Waals surface area contributed by atoms with Gasteiger partial charge >= 0.3 is 0 Å². The van der Waals surface area contributed by atoms with E-state index in [-0.39, 0.29) is 28.3 Å². The minimum absolute atomic E-state index is 0.00759. The second-order valence-corrected chi connectivity index (χ2v) is 9.07. The number of carbonyl (C=O) groups excluding carboxylic acids is 2. The van der Waals surface area contributed by atoms with Crippen molar-refractivity contribution in [3.63, 3.8) is 0 Å². The lowest BCUT2D eigenvalue weighted by molar-refractivity contribution is -0.124. The van der Waals surface area contributed by atoms with Gasteiger partial charge in [0.2, 0.25) is 15.9 Å². The Morgan fingerprint density at radius 1 is 1.04 bits per heavy atom. The van der Waals surface area contributed by atoms with Crippen LogP contribution < -0.4 is 10.6 Å². The highest BCUT2D eigenvalue weighted by atomic mass is 32.2. The predicted molar refractivity (Wildman–Crippen MR) is 111 cm³/mol. The number of hydrogen-bond acceptors (Lipinski definition) is 4. The molecule has 0 aromatic heterocycles. The van der Waals surface area contributed by atoms with Crippen LogP contribution in [0.1, 0.15) is 58.3 Å². The Labute approximate surface area is 168 Å². The van der Waals surface area contributed by atoms with Crippen LogP contribution in [0.3, 0.4) is 0 Å². The molecule has 7 nitrogen and oxygen atoms in total. The first kappa shape index (κ1) is 24.1. The molecule has 0 saturated heterocycles. The minimum atomic E-state index is -3.66. The number of rotatable bonds is 10. The van der Waals surface area contributed by atoms with Gasteiger partial charge in [-0.05, 0) is 37.5 Å².